The lowest BCUT2D eigenvalue weighted by Gasteiger charge is -2.13. The number of carbonyl (C=O) groups is 1. The Bertz CT molecular complexity index is 324. The van der Waals surface area contributed by atoms with Crippen LogP contribution in [0.4, 0.5) is 0 Å². The summed E-state index contributed by atoms with van der Waals surface area (Å²) in [5.74, 6) is -0.341. The molecule has 0 fully saturated rings. The Morgan fingerprint density at radius 1 is 1.47 bits per heavy atom. The van der Waals surface area contributed by atoms with Crippen molar-refractivity contribution in [1.29, 1.82) is 0 Å². The van der Waals surface area contributed by atoms with Crippen LogP contribution in [0, 0.1) is 0 Å². The predicted molar refractivity (Wildman–Crippen MR) is 54.6 cm³/mol. The first-order valence-corrected chi connectivity index (χ1v) is 4.65. The van der Waals surface area contributed by atoms with Gasteiger partial charge in [-0.3, -0.25) is 4.79 Å². The van der Waals surface area contributed by atoms with Crippen molar-refractivity contribution in [3.63, 3.8) is 0 Å². The first-order chi connectivity index (χ1) is 7.29. The Kier molecular flexibility index (Phi) is 4.34. The minimum Gasteiger partial charge on any atom is -0.439 e. The fourth-order valence-electron chi connectivity index (χ4n) is 1.22. The van der Waals surface area contributed by atoms with Gasteiger partial charge in [-0.05, 0) is 6.92 Å². The van der Waals surface area contributed by atoms with Crippen LogP contribution < -0.4 is 5.32 Å². The lowest BCUT2D eigenvalue weighted by molar-refractivity contribution is -0.128. The molecule has 0 aromatic heterocycles. The summed E-state index contributed by atoms with van der Waals surface area (Å²) in [6, 6.07) is 8.81. The molecule has 0 spiro atoms. The molecule has 0 saturated heterocycles. The van der Waals surface area contributed by atoms with Gasteiger partial charge in [-0.25, -0.2) is 4.79 Å². The summed E-state index contributed by atoms with van der Waals surface area (Å²) in [5.41, 5.74) is 0.631. The summed E-state index contributed by atoms with van der Waals surface area (Å²) < 4.78 is 4.62. The highest BCUT2D eigenvalue weighted by molar-refractivity contribution is 5.83. The summed E-state index contributed by atoms with van der Waals surface area (Å²) >= 11 is 0. The van der Waals surface area contributed by atoms with Crippen LogP contribution in [-0.4, -0.2) is 18.9 Å². The quantitative estimate of drug-likeness (QED) is 0.780. The molecule has 0 heterocycles. The maximum atomic E-state index is 11.5. The third-order valence-electron chi connectivity index (χ3n) is 1.86. The fourth-order valence-corrected chi connectivity index (χ4v) is 1.22. The molecule has 0 aliphatic rings. The van der Waals surface area contributed by atoms with E-state index in [0.717, 1.165) is 0 Å². The van der Waals surface area contributed by atoms with E-state index in [0.29, 0.717) is 12.1 Å². The Labute approximate surface area is 88.2 Å². The highest BCUT2D eigenvalue weighted by Crippen LogP contribution is 2.15. The van der Waals surface area contributed by atoms with Gasteiger partial charge in [0.25, 0.3) is 5.91 Å². The van der Waals surface area contributed by atoms with E-state index >= 15 is 0 Å². The average molecular weight is 206 g/mol. The average Bonchev–Trinajstić information content (AvgIpc) is 2.27. The number of ether oxygens (including phenoxy) is 1. The van der Waals surface area contributed by atoms with E-state index in [9.17, 15) is 9.59 Å². The second kappa shape index (κ2) is 5.80. The second-order valence-corrected chi connectivity index (χ2v) is 2.89. The van der Waals surface area contributed by atoms with E-state index in [4.69, 9.17) is 0 Å². The van der Waals surface area contributed by atoms with Gasteiger partial charge in [0.2, 0.25) is 6.10 Å². The molecule has 0 saturated carbocycles. The van der Waals surface area contributed by atoms with E-state index < -0.39 is 6.10 Å². The van der Waals surface area contributed by atoms with Crippen molar-refractivity contribution in [2.45, 2.75) is 13.0 Å². The number of nitrogens with one attached hydrogen (secondary N) is 1. The number of rotatable bonds is 5. The Morgan fingerprint density at radius 3 is 2.67 bits per heavy atom. The Morgan fingerprint density at radius 2 is 2.13 bits per heavy atom. The molecule has 79 valence electrons. The molecule has 0 aliphatic carbocycles. The SMILES string of the molecule is CCNC(=O)C(O[C]=O)c1ccccc1. The standard InChI is InChI=1S/C11H12NO3/c1-2-12-11(14)10(15-8-13)9-6-4-3-5-7-9/h3-7,10H,2H2,1H3,(H,12,14). The molecule has 0 bridgehead atoms. The Balaban J connectivity index is 2.82. The van der Waals surface area contributed by atoms with E-state index in [2.05, 4.69) is 10.1 Å². The van der Waals surface area contributed by atoms with Crippen LogP contribution in [0.1, 0.15) is 18.6 Å². The second-order valence-electron chi connectivity index (χ2n) is 2.89. The van der Waals surface area contributed by atoms with Gasteiger partial charge < -0.3 is 10.1 Å². The van der Waals surface area contributed by atoms with Crippen molar-refractivity contribution in [2.24, 2.45) is 0 Å². The molecule has 1 radical (unpaired) electrons. The van der Waals surface area contributed by atoms with Gasteiger partial charge in [-0.1, -0.05) is 30.3 Å². The normalized spacial score (nSPS) is 11.5. The molecular weight excluding hydrogens is 194 g/mol. The van der Waals surface area contributed by atoms with Crippen LogP contribution in [0.25, 0.3) is 0 Å². The highest BCUT2D eigenvalue weighted by Gasteiger charge is 2.20. The zero-order valence-corrected chi connectivity index (χ0v) is 8.40. The fraction of sp³-hybridized carbons (Fsp3) is 0.273. The van der Waals surface area contributed by atoms with Gasteiger partial charge in [0.1, 0.15) is 0 Å². The molecular formula is C11H12NO3. The molecule has 0 aliphatic heterocycles. The lowest BCUT2D eigenvalue weighted by atomic mass is 10.1. The number of hydrogen-bond donors (Lipinski definition) is 1. The number of amides is 1. The lowest BCUT2D eigenvalue weighted by Crippen LogP contribution is -2.30. The van der Waals surface area contributed by atoms with Crippen LogP contribution in [-0.2, 0) is 14.3 Å². The van der Waals surface area contributed by atoms with E-state index in [-0.39, 0.29) is 5.91 Å². The molecule has 1 aromatic carbocycles. The monoisotopic (exact) mass is 206 g/mol. The van der Waals surface area contributed by atoms with Gasteiger partial charge in [-0.15, -0.1) is 0 Å². The molecule has 4 heteroatoms. The van der Waals surface area contributed by atoms with Crippen molar-refractivity contribution in [2.75, 3.05) is 6.54 Å². The van der Waals surface area contributed by atoms with Crippen LogP contribution in [0.5, 0.6) is 0 Å². The van der Waals surface area contributed by atoms with Crippen molar-refractivity contribution < 1.29 is 14.3 Å². The van der Waals surface area contributed by atoms with Crippen molar-refractivity contribution in [1.82, 2.24) is 5.32 Å². The highest BCUT2D eigenvalue weighted by atomic mass is 16.5. The van der Waals surface area contributed by atoms with E-state index in [1.54, 1.807) is 31.2 Å². The van der Waals surface area contributed by atoms with Gasteiger partial charge in [0.05, 0.1) is 0 Å². The Hall–Kier alpha value is -1.84. The van der Waals surface area contributed by atoms with Gasteiger partial charge in [0.15, 0.2) is 0 Å². The molecule has 1 aromatic rings. The summed E-state index contributed by atoms with van der Waals surface area (Å²) in [7, 11) is 0. The molecule has 1 amide bonds. The van der Waals surface area contributed by atoms with Gasteiger partial charge >= 0.3 is 6.47 Å². The topological polar surface area (TPSA) is 55.4 Å². The smallest absolute Gasteiger partial charge is 0.418 e. The molecule has 15 heavy (non-hydrogen) atoms. The minimum atomic E-state index is -0.913. The van der Waals surface area contributed by atoms with Crippen LogP contribution in [0.3, 0.4) is 0 Å². The first kappa shape index (κ1) is 11.2. The summed E-state index contributed by atoms with van der Waals surface area (Å²) in [6.45, 7) is 3.58. The largest absolute Gasteiger partial charge is 0.439 e. The summed E-state index contributed by atoms with van der Waals surface area (Å²) in [5, 5.41) is 2.59. The van der Waals surface area contributed by atoms with Crippen molar-refractivity contribution in [3.8, 4) is 0 Å². The number of benzene rings is 1. The van der Waals surface area contributed by atoms with Crippen LogP contribution in [0.15, 0.2) is 30.3 Å². The number of carbonyl (C=O) groups excluding carboxylic acids is 2. The molecule has 1 N–H and O–H groups in total. The first-order valence-electron chi connectivity index (χ1n) is 4.65. The van der Waals surface area contributed by atoms with Gasteiger partial charge in [-0.2, -0.15) is 0 Å². The van der Waals surface area contributed by atoms with E-state index in [1.807, 2.05) is 6.07 Å². The van der Waals surface area contributed by atoms with Gasteiger partial charge in [0, 0.05) is 12.1 Å². The maximum absolute atomic E-state index is 11.5. The molecule has 4 nitrogen and oxygen atoms in total. The number of likely N-dealkylation sites (N-methyl/N-ethyl adjacent to an activating group) is 1. The molecule has 1 unspecified atom stereocenters. The van der Waals surface area contributed by atoms with Crippen LogP contribution in [0.2, 0.25) is 0 Å². The van der Waals surface area contributed by atoms with Crippen LogP contribution >= 0.6 is 0 Å². The molecule has 1 rings (SSSR count). The molecule has 1 atom stereocenters. The zero-order chi connectivity index (χ0) is 11.1. The summed E-state index contributed by atoms with van der Waals surface area (Å²) in [4.78, 5) is 21.7. The van der Waals surface area contributed by atoms with Crippen molar-refractivity contribution in [3.05, 3.63) is 35.9 Å². The maximum Gasteiger partial charge on any atom is 0.418 e. The van der Waals surface area contributed by atoms with Crippen molar-refractivity contribution >= 4 is 12.4 Å². The predicted octanol–water partition coefficient (Wildman–Crippen LogP) is 0.948. The third-order valence-corrected chi connectivity index (χ3v) is 1.86. The summed E-state index contributed by atoms with van der Waals surface area (Å²) in [6.07, 6.45) is -0.913. The minimum absolute atomic E-state index is 0.341. The zero-order valence-electron chi connectivity index (χ0n) is 8.40. The third kappa shape index (κ3) is 3.09. The van der Waals surface area contributed by atoms with E-state index in [1.165, 1.54) is 6.47 Å². The number of hydrogen-bond acceptors (Lipinski definition) is 3.